The second kappa shape index (κ2) is 4.47. The number of rotatable bonds is 3. The van der Waals surface area contributed by atoms with Gasteiger partial charge in [0.2, 0.25) is 0 Å². The average Bonchev–Trinajstić information content (AvgIpc) is 2.74. The van der Waals surface area contributed by atoms with E-state index in [-0.39, 0.29) is 0 Å². The molecule has 84 valence electrons. The highest BCUT2D eigenvalue weighted by Gasteiger charge is 2.32. The summed E-state index contributed by atoms with van der Waals surface area (Å²) in [5.74, 6) is 0. The van der Waals surface area contributed by atoms with E-state index in [0.29, 0.717) is 37.4 Å². The third-order valence-corrected chi connectivity index (χ3v) is 2.63. The molecule has 1 aliphatic rings. The second-order valence-electron chi connectivity index (χ2n) is 3.91. The van der Waals surface area contributed by atoms with E-state index in [2.05, 4.69) is 16.4 Å². The van der Waals surface area contributed by atoms with Crippen molar-refractivity contribution in [3.05, 3.63) is 24.0 Å². The van der Waals surface area contributed by atoms with Crippen LogP contribution in [0.5, 0.6) is 0 Å². The summed E-state index contributed by atoms with van der Waals surface area (Å²) in [6, 6.07) is 3.70. The van der Waals surface area contributed by atoms with Gasteiger partial charge >= 0.3 is 0 Å². The van der Waals surface area contributed by atoms with E-state index in [4.69, 9.17) is 10.00 Å². The van der Waals surface area contributed by atoms with Gasteiger partial charge in [-0.25, -0.2) is 0 Å². The van der Waals surface area contributed by atoms with Gasteiger partial charge in [-0.05, 0) is 6.07 Å². The van der Waals surface area contributed by atoms with E-state index in [1.165, 1.54) is 0 Å². The Morgan fingerprint density at radius 3 is 3.25 bits per heavy atom. The summed E-state index contributed by atoms with van der Waals surface area (Å²) in [4.78, 5) is 3.93. The molecule has 1 unspecified atom stereocenters. The predicted octanol–water partition coefficient (Wildman–Crippen LogP) is 0.517. The van der Waals surface area contributed by atoms with Crippen molar-refractivity contribution in [3.8, 4) is 6.07 Å². The Hall–Kier alpha value is -1.64. The third-order valence-electron chi connectivity index (χ3n) is 2.63. The molecule has 1 atom stereocenters. The normalized spacial score (nSPS) is 24.0. The lowest BCUT2D eigenvalue weighted by molar-refractivity contribution is 0.0382. The Morgan fingerprint density at radius 2 is 2.56 bits per heavy atom. The highest BCUT2D eigenvalue weighted by Crippen LogP contribution is 2.20. The van der Waals surface area contributed by atoms with Crippen molar-refractivity contribution < 1.29 is 9.84 Å². The quantitative estimate of drug-likeness (QED) is 0.774. The van der Waals surface area contributed by atoms with Gasteiger partial charge in [-0.1, -0.05) is 0 Å². The number of nitrogens with one attached hydrogen (secondary N) is 1. The molecule has 1 aromatic rings. The van der Waals surface area contributed by atoms with Gasteiger partial charge in [0.05, 0.1) is 24.1 Å². The highest BCUT2D eigenvalue weighted by atomic mass is 16.5. The zero-order valence-electron chi connectivity index (χ0n) is 8.81. The van der Waals surface area contributed by atoms with Crippen molar-refractivity contribution in [2.45, 2.75) is 12.0 Å². The summed E-state index contributed by atoms with van der Waals surface area (Å²) in [5, 5.41) is 21.9. The maximum Gasteiger partial charge on any atom is 0.107 e. The molecular formula is C11H13N3O2. The van der Waals surface area contributed by atoms with Crippen LogP contribution in [0.4, 0.5) is 5.69 Å². The Balaban J connectivity index is 2.02. The molecule has 0 aromatic carbocycles. The number of ether oxygens (including phenoxy) is 1. The summed E-state index contributed by atoms with van der Waals surface area (Å²) in [5.41, 5.74) is 0.339. The zero-order chi connectivity index (χ0) is 11.4. The predicted molar refractivity (Wildman–Crippen MR) is 57.8 cm³/mol. The van der Waals surface area contributed by atoms with Gasteiger partial charge in [0.25, 0.3) is 0 Å². The molecular weight excluding hydrogens is 206 g/mol. The Labute approximate surface area is 93.7 Å². The summed E-state index contributed by atoms with van der Waals surface area (Å²) < 4.78 is 5.13. The molecule has 1 saturated heterocycles. The smallest absolute Gasteiger partial charge is 0.107 e. The standard InChI is InChI=1S/C11H13N3O2/c12-5-9-1-3-13-6-10(9)14-7-11(15)2-4-16-8-11/h1,3,6,14-15H,2,4,7-8H2. The van der Waals surface area contributed by atoms with Crippen molar-refractivity contribution in [3.63, 3.8) is 0 Å². The molecule has 16 heavy (non-hydrogen) atoms. The maximum atomic E-state index is 10.0. The topological polar surface area (TPSA) is 78.2 Å². The number of hydrogen-bond donors (Lipinski definition) is 2. The van der Waals surface area contributed by atoms with Crippen LogP contribution in [0.15, 0.2) is 18.5 Å². The van der Waals surface area contributed by atoms with Gasteiger partial charge in [-0.15, -0.1) is 0 Å². The van der Waals surface area contributed by atoms with E-state index < -0.39 is 5.60 Å². The van der Waals surface area contributed by atoms with Gasteiger partial charge in [0.15, 0.2) is 0 Å². The summed E-state index contributed by atoms with van der Waals surface area (Å²) in [7, 11) is 0. The number of pyridine rings is 1. The van der Waals surface area contributed by atoms with Crippen molar-refractivity contribution in [2.24, 2.45) is 0 Å². The fraction of sp³-hybridized carbons (Fsp3) is 0.455. The van der Waals surface area contributed by atoms with Crippen LogP contribution in [0, 0.1) is 11.3 Å². The minimum absolute atomic E-state index is 0.335. The SMILES string of the molecule is N#Cc1ccncc1NCC1(O)CCOC1. The van der Waals surface area contributed by atoms with Crippen molar-refractivity contribution >= 4 is 5.69 Å². The van der Waals surface area contributed by atoms with Crippen molar-refractivity contribution in [1.82, 2.24) is 4.98 Å². The number of anilines is 1. The van der Waals surface area contributed by atoms with E-state index >= 15 is 0 Å². The van der Waals surface area contributed by atoms with Crippen LogP contribution < -0.4 is 5.32 Å². The first kappa shape index (κ1) is 10.9. The molecule has 0 spiro atoms. The lowest BCUT2D eigenvalue weighted by atomic mass is 10.0. The monoisotopic (exact) mass is 219 g/mol. The van der Waals surface area contributed by atoms with Crippen LogP contribution in [0.3, 0.4) is 0 Å². The minimum Gasteiger partial charge on any atom is -0.386 e. The molecule has 0 amide bonds. The lowest BCUT2D eigenvalue weighted by Gasteiger charge is -2.21. The number of aliphatic hydroxyl groups is 1. The van der Waals surface area contributed by atoms with Crippen LogP contribution in [0.25, 0.3) is 0 Å². The maximum absolute atomic E-state index is 10.0. The number of nitriles is 1. The first-order chi connectivity index (χ1) is 7.73. The third kappa shape index (κ3) is 2.30. The van der Waals surface area contributed by atoms with E-state index in [1.807, 2.05) is 0 Å². The molecule has 0 bridgehead atoms. The first-order valence-electron chi connectivity index (χ1n) is 5.12. The van der Waals surface area contributed by atoms with Crippen LogP contribution >= 0.6 is 0 Å². The molecule has 2 rings (SSSR count). The Kier molecular flexibility index (Phi) is 3.04. The summed E-state index contributed by atoms with van der Waals surface area (Å²) >= 11 is 0. The van der Waals surface area contributed by atoms with Crippen molar-refractivity contribution in [1.29, 1.82) is 5.26 Å². The first-order valence-corrected chi connectivity index (χ1v) is 5.12. The highest BCUT2D eigenvalue weighted by molar-refractivity contribution is 5.55. The molecule has 2 N–H and O–H groups in total. The molecule has 2 heterocycles. The largest absolute Gasteiger partial charge is 0.386 e. The number of nitrogens with zero attached hydrogens (tertiary/aromatic N) is 2. The second-order valence-corrected chi connectivity index (χ2v) is 3.91. The van der Waals surface area contributed by atoms with Gasteiger partial charge in [-0.3, -0.25) is 4.98 Å². The van der Waals surface area contributed by atoms with Crippen LogP contribution in [-0.2, 0) is 4.74 Å². The van der Waals surface area contributed by atoms with Crippen LogP contribution in [0.2, 0.25) is 0 Å². The minimum atomic E-state index is -0.831. The Morgan fingerprint density at radius 1 is 1.69 bits per heavy atom. The average molecular weight is 219 g/mol. The molecule has 5 nitrogen and oxygen atoms in total. The van der Waals surface area contributed by atoms with E-state index in [0.717, 1.165) is 0 Å². The van der Waals surface area contributed by atoms with E-state index in [9.17, 15) is 5.11 Å². The van der Waals surface area contributed by atoms with Gasteiger partial charge < -0.3 is 15.2 Å². The van der Waals surface area contributed by atoms with Crippen LogP contribution in [-0.4, -0.2) is 35.5 Å². The molecule has 0 radical (unpaired) electrons. The fourth-order valence-electron chi connectivity index (χ4n) is 1.63. The van der Waals surface area contributed by atoms with Crippen molar-refractivity contribution in [2.75, 3.05) is 25.1 Å². The van der Waals surface area contributed by atoms with E-state index in [1.54, 1.807) is 18.5 Å². The van der Waals surface area contributed by atoms with Gasteiger partial charge in [-0.2, -0.15) is 5.26 Å². The number of hydrogen-bond acceptors (Lipinski definition) is 5. The lowest BCUT2D eigenvalue weighted by Crippen LogP contribution is -2.37. The Bertz CT molecular complexity index is 408. The molecule has 1 aliphatic heterocycles. The molecule has 1 aromatic heterocycles. The fourth-order valence-corrected chi connectivity index (χ4v) is 1.63. The molecule has 0 saturated carbocycles. The molecule has 5 heteroatoms. The molecule has 0 aliphatic carbocycles. The molecule has 1 fully saturated rings. The van der Waals surface area contributed by atoms with Gasteiger partial charge in [0.1, 0.15) is 11.7 Å². The zero-order valence-corrected chi connectivity index (χ0v) is 8.81. The van der Waals surface area contributed by atoms with Gasteiger partial charge in [0, 0.05) is 25.8 Å². The summed E-state index contributed by atoms with van der Waals surface area (Å²) in [6.07, 6.45) is 3.76. The van der Waals surface area contributed by atoms with Crippen LogP contribution in [0.1, 0.15) is 12.0 Å². The summed E-state index contributed by atoms with van der Waals surface area (Å²) in [6.45, 7) is 1.28. The number of aromatic nitrogens is 1.